The molecule has 31 heavy (non-hydrogen) atoms. The van der Waals surface area contributed by atoms with Crippen molar-refractivity contribution in [2.75, 3.05) is 4.90 Å². The SMILES string of the molecule is C[C@H](O)C12c3ccccc3C(c3ccccc31)[C@@H]1C(=O)N(c3cccc(Br)c3)C(=O)[C@@H]12. The summed E-state index contributed by atoms with van der Waals surface area (Å²) in [6.45, 7) is 1.75. The molecule has 1 fully saturated rings. The maximum Gasteiger partial charge on any atom is 0.239 e. The molecule has 7 rings (SSSR count). The van der Waals surface area contributed by atoms with Crippen LogP contribution in [-0.2, 0) is 15.0 Å². The van der Waals surface area contributed by atoms with Gasteiger partial charge in [0.15, 0.2) is 0 Å². The summed E-state index contributed by atoms with van der Waals surface area (Å²) in [4.78, 5) is 29.1. The zero-order valence-electron chi connectivity index (χ0n) is 16.8. The van der Waals surface area contributed by atoms with Gasteiger partial charge in [-0.3, -0.25) is 9.59 Å². The van der Waals surface area contributed by atoms with E-state index in [1.807, 2.05) is 60.7 Å². The van der Waals surface area contributed by atoms with Crippen LogP contribution in [0, 0.1) is 11.8 Å². The fraction of sp³-hybridized carbons (Fsp3) is 0.231. The van der Waals surface area contributed by atoms with Gasteiger partial charge in [0.05, 0.1) is 29.0 Å². The highest BCUT2D eigenvalue weighted by Crippen LogP contribution is 2.65. The second-order valence-electron chi connectivity index (χ2n) is 8.69. The number of hydrogen-bond donors (Lipinski definition) is 1. The minimum Gasteiger partial charge on any atom is -0.392 e. The zero-order chi connectivity index (χ0) is 21.5. The zero-order valence-corrected chi connectivity index (χ0v) is 18.4. The summed E-state index contributed by atoms with van der Waals surface area (Å²) in [5.74, 6) is -1.80. The molecule has 2 bridgehead atoms. The number of carbonyl (C=O) groups is 2. The van der Waals surface area contributed by atoms with E-state index in [1.54, 1.807) is 19.1 Å². The fourth-order valence-electron chi connectivity index (χ4n) is 6.41. The van der Waals surface area contributed by atoms with Gasteiger partial charge in [-0.25, -0.2) is 4.90 Å². The van der Waals surface area contributed by atoms with Crippen molar-refractivity contribution >= 4 is 33.4 Å². The highest BCUT2D eigenvalue weighted by atomic mass is 79.9. The molecule has 1 N–H and O–H groups in total. The molecule has 154 valence electrons. The molecular weight excluding hydrogens is 454 g/mol. The van der Waals surface area contributed by atoms with E-state index in [1.165, 1.54) is 4.90 Å². The van der Waals surface area contributed by atoms with Crippen molar-refractivity contribution in [3.05, 3.63) is 99.5 Å². The normalized spacial score (nSPS) is 28.9. The standard InChI is InChI=1S/C26H20BrNO3/c1-14(29)26-19-11-4-2-9-17(19)21(18-10-3-5-12-20(18)26)22-23(26)25(31)28(24(22)30)16-8-6-7-15(27)13-16/h2-14,21-23,29H,1H3/t14-,21?,22-,23+,26?/m0/s1. The van der Waals surface area contributed by atoms with Gasteiger partial charge < -0.3 is 5.11 Å². The van der Waals surface area contributed by atoms with Gasteiger partial charge in [0, 0.05) is 10.4 Å². The van der Waals surface area contributed by atoms with Crippen LogP contribution in [0.4, 0.5) is 5.69 Å². The van der Waals surface area contributed by atoms with Crippen molar-refractivity contribution < 1.29 is 14.7 Å². The van der Waals surface area contributed by atoms with E-state index in [2.05, 4.69) is 15.9 Å². The first-order valence-electron chi connectivity index (χ1n) is 10.5. The lowest BCUT2D eigenvalue weighted by molar-refractivity contribution is -0.126. The quantitative estimate of drug-likeness (QED) is 0.561. The van der Waals surface area contributed by atoms with Crippen LogP contribution in [0.2, 0.25) is 0 Å². The van der Waals surface area contributed by atoms with Gasteiger partial charge in [-0.15, -0.1) is 0 Å². The Hall–Kier alpha value is -2.76. The van der Waals surface area contributed by atoms with Crippen molar-refractivity contribution in [2.45, 2.75) is 24.4 Å². The van der Waals surface area contributed by atoms with Gasteiger partial charge in [-0.05, 0) is 47.4 Å². The van der Waals surface area contributed by atoms with Gasteiger partial charge in [-0.1, -0.05) is 70.5 Å². The summed E-state index contributed by atoms with van der Waals surface area (Å²) in [6, 6.07) is 23.2. The first-order valence-corrected chi connectivity index (χ1v) is 11.3. The van der Waals surface area contributed by atoms with Crippen molar-refractivity contribution in [1.29, 1.82) is 0 Å². The molecule has 5 heteroatoms. The lowest BCUT2D eigenvalue weighted by Gasteiger charge is -2.55. The molecule has 0 radical (unpaired) electrons. The molecular formula is C26H20BrNO3. The topological polar surface area (TPSA) is 57.6 Å². The number of aliphatic hydroxyl groups excluding tert-OH is 1. The van der Waals surface area contributed by atoms with Gasteiger partial charge in [0.25, 0.3) is 0 Å². The number of imide groups is 1. The van der Waals surface area contributed by atoms with Crippen LogP contribution in [0.15, 0.2) is 77.3 Å². The molecule has 0 saturated carbocycles. The van der Waals surface area contributed by atoms with Gasteiger partial charge in [0.1, 0.15) is 0 Å². The minimum absolute atomic E-state index is 0.188. The Bertz CT molecular complexity index is 1220. The fourth-order valence-corrected chi connectivity index (χ4v) is 6.80. The van der Waals surface area contributed by atoms with E-state index in [9.17, 15) is 14.7 Å². The number of amides is 2. The van der Waals surface area contributed by atoms with Gasteiger partial charge >= 0.3 is 0 Å². The average Bonchev–Trinajstić information content (AvgIpc) is 3.04. The smallest absolute Gasteiger partial charge is 0.239 e. The molecule has 4 aliphatic rings. The Morgan fingerprint density at radius 3 is 2.10 bits per heavy atom. The molecule has 2 amide bonds. The van der Waals surface area contributed by atoms with Crippen molar-refractivity contribution in [2.24, 2.45) is 11.8 Å². The number of nitrogens with zero attached hydrogens (tertiary/aromatic N) is 1. The number of rotatable bonds is 2. The van der Waals surface area contributed by atoms with Crippen LogP contribution >= 0.6 is 15.9 Å². The summed E-state index contributed by atoms with van der Waals surface area (Å²) in [6.07, 6.45) is -0.845. The van der Waals surface area contributed by atoms with Crippen LogP contribution in [0.25, 0.3) is 0 Å². The molecule has 3 aromatic carbocycles. The number of aliphatic hydroxyl groups is 1. The van der Waals surface area contributed by atoms with Crippen molar-refractivity contribution in [3.8, 4) is 0 Å². The molecule has 4 nitrogen and oxygen atoms in total. The summed E-state index contributed by atoms with van der Waals surface area (Å²) in [5.41, 5.74) is 3.62. The second kappa shape index (κ2) is 6.38. The number of hydrogen-bond acceptors (Lipinski definition) is 3. The summed E-state index contributed by atoms with van der Waals surface area (Å²) < 4.78 is 0.806. The van der Waals surface area contributed by atoms with Crippen molar-refractivity contribution in [1.82, 2.24) is 0 Å². The largest absolute Gasteiger partial charge is 0.392 e. The van der Waals surface area contributed by atoms with E-state index in [0.717, 1.165) is 26.7 Å². The maximum absolute atomic E-state index is 14.0. The number of benzene rings is 3. The van der Waals surface area contributed by atoms with Gasteiger partial charge in [-0.2, -0.15) is 0 Å². The molecule has 3 aliphatic carbocycles. The molecule has 3 aromatic rings. The lowest BCUT2D eigenvalue weighted by atomic mass is 9.46. The summed E-state index contributed by atoms with van der Waals surface area (Å²) in [5, 5.41) is 11.3. The predicted molar refractivity (Wildman–Crippen MR) is 121 cm³/mol. The molecule has 0 aromatic heterocycles. The Labute approximate surface area is 188 Å². The van der Waals surface area contributed by atoms with E-state index in [4.69, 9.17) is 0 Å². The molecule has 1 heterocycles. The van der Waals surface area contributed by atoms with Crippen LogP contribution in [0.5, 0.6) is 0 Å². The second-order valence-corrected chi connectivity index (χ2v) is 9.61. The first-order chi connectivity index (χ1) is 15.0. The third-order valence-electron chi connectivity index (χ3n) is 7.41. The Morgan fingerprint density at radius 2 is 1.52 bits per heavy atom. The van der Waals surface area contributed by atoms with Crippen LogP contribution in [-0.4, -0.2) is 23.0 Å². The molecule has 0 spiro atoms. The highest BCUT2D eigenvalue weighted by Gasteiger charge is 2.69. The first kappa shape index (κ1) is 19.0. The monoisotopic (exact) mass is 473 g/mol. The lowest BCUT2D eigenvalue weighted by Crippen LogP contribution is -2.58. The third kappa shape index (κ3) is 2.18. The average molecular weight is 474 g/mol. The van der Waals surface area contributed by atoms with Crippen LogP contribution in [0.3, 0.4) is 0 Å². The Morgan fingerprint density at radius 1 is 0.903 bits per heavy atom. The summed E-state index contributed by atoms with van der Waals surface area (Å²) >= 11 is 3.45. The van der Waals surface area contributed by atoms with E-state index in [-0.39, 0.29) is 17.7 Å². The Balaban J connectivity index is 1.67. The number of halogens is 1. The maximum atomic E-state index is 14.0. The molecule has 1 saturated heterocycles. The molecule has 1 aliphatic heterocycles. The third-order valence-corrected chi connectivity index (χ3v) is 7.90. The number of carbonyl (C=O) groups excluding carboxylic acids is 2. The predicted octanol–water partition coefficient (Wildman–Crippen LogP) is 4.38. The summed E-state index contributed by atoms with van der Waals surface area (Å²) in [7, 11) is 0. The number of anilines is 1. The minimum atomic E-state index is -0.958. The van der Waals surface area contributed by atoms with Gasteiger partial charge in [0.2, 0.25) is 11.8 Å². The van der Waals surface area contributed by atoms with Crippen LogP contribution < -0.4 is 4.90 Å². The van der Waals surface area contributed by atoms with E-state index >= 15 is 0 Å². The van der Waals surface area contributed by atoms with E-state index in [0.29, 0.717) is 5.69 Å². The highest BCUT2D eigenvalue weighted by molar-refractivity contribution is 9.10. The van der Waals surface area contributed by atoms with Crippen LogP contribution in [0.1, 0.15) is 35.1 Å². The van der Waals surface area contributed by atoms with E-state index < -0.39 is 23.4 Å². The van der Waals surface area contributed by atoms with Crippen molar-refractivity contribution in [3.63, 3.8) is 0 Å². The Kier molecular flexibility index (Phi) is 3.90. The molecule has 0 unspecified atom stereocenters. The molecule has 3 atom stereocenters.